The third-order valence-electron chi connectivity index (χ3n) is 5.53. The topological polar surface area (TPSA) is 98.7 Å². The second kappa shape index (κ2) is 11.7. The van der Waals surface area contributed by atoms with Crippen LogP contribution in [0, 0.1) is 0 Å². The number of halogens is 3. The summed E-state index contributed by atoms with van der Waals surface area (Å²) in [7, 11) is 3.16. The van der Waals surface area contributed by atoms with Gasteiger partial charge in [0.1, 0.15) is 0 Å². The molecule has 3 N–H and O–H groups in total. The minimum atomic E-state index is -4.47. The molecular formula is C27H26F3N3O4. The highest BCUT2D eigenvalue weighted by atomic mass is 19.4. The largest absolute Gasteiger partial charge is 0.480 e. The van der Waals surface area contributed by atoms with Crippen molar-refractivity contribution in [2.45, 2.75) is 12.6 Å². The quantitative estimate of drug-likeness (QED) is 0.365. The monoisotopic (exact) mass is 513 g/mol. The van der Waals surface area contributed by atoms with E-state index < -0.39 is 23.6 Å². The highest BCUT2D eigenvalue weighted by Crippen LogP contribution is 2.32. The standard InChI is InChI=1S/C27H26F3N3O4/c1-33(2)26(37)22-15-17(13-14-31-16-24(34)35)7-12-23(22)32-25(36)21-6-4-3-5-20(21)18-8-10-19(11-9-18)27(28,29)30/h3-12,15,31H,13-14,16H2,1-2H3,(H,32,36)(H,34,35). The third-order valence-corrected chi connectivity index (χ3v) is 5.53. The Morgan fingerprint density at radius 1 is 0.919 bits per heavy atom. The Bertz CT molecular complexity index is 1290. The zero-order valence-corrected chi connectivity index (χ0v) is 20.2. The van der Waals surface area contributed by atoms with Gasteiger partial charge in [0.25, 0.3) is 11.8 Å². The molecule has 3 rings (SSSR count). The van der Waals surface area contributed by atoms with Crippen LogP contribution in [0.4, 0.5) is 18.9 Å². The molecule has 3 aromatic carbocycles. The van der Waals surface area contributed by atoms with E-state index in [1.54, 1.807) is 56.6 Å². The first-order chi connectivity index (χ1) is 17.5. The Kier molecular flexibility index (Phi) is 8.67. The number of carboxylic acid groups (broad SMARTS) is 1. The lowest BCUT2D eigenvalue weighted by Crippen LogP contribution is -2.26. The van der Waals surface area contributed by atoms with Crippen LogP contribution in [-0.2, 0) is 17.4 Å². The van der Waals surface area contributed by atoms with Crippen LogP contribution in [0.2, 0.25) is 0 Å². The Morgan fingerprint density at radius 3 is 2.22 bits per heavy atom. The number of amides is 2. The summed E-state index contributed by atoms with van der Waals surface area (Å²) in [4.78, 5) is 38.1. The molecule has 0 saturated heterocycles. The number of carbonyl (C=O) groups excluding carboxylic acids is 2. The van der Waals surface area contributed by atoms with E-state index in [0.29, 0.717) is 24.1 Å². The molecule has 3 aromatic rings. The van der Waals surface area contributed by atoms with Gasteiger partial charge in [-0.25, -0.2) is 0 Å². The fraction of sp³-hybridized carbons (Fsp3) is 0.222. The van der Waals surface area contributed by atoms with Gasteiger partial charge in [-0.05, 0) is 60.0 Å². The molecule has 0 spiro atoms. The summed E-state index contributed by atoms with van der Waals surface area (Å²) in [6.45, 7) is 0.198. The molecule has 0 unspecified atom stereocenters. The van der Waals surface area contributed by atoms with Crippen LogP contribution in [0.5, 0.6) is 0 Å². The summed E-state index contributed by atoms with van der Waals surface area (Å²) < 4.78 is 38.9. The molecular weight excluding hydrogens is 487 g/mol. The molecule has 194 valence electrons. The molecule has 7 nitrogen and oxygen atoms in total. The molecule has 10 heteroatoms. The molecule has 0 aliphatic rings. The molecule has 0 aliphatic heterocycles. The van der Waals surface area contributed by atoms with Gasteiger partial charge < -0.3 is 20.6 Å². The van der Waals surface area contributed by atoms with Crippen LogP contribution in [0.25, 0.3) is 11.1 Å². The van der Waals surface area contributed by atoms with Crippen LogP contribution in [0.3, 0.4) is 0 Å². The minimum absolute atomic E-state index is 0.185. The number of nitrogens with one attached hydrogen (secondary N) is 2. The lowest BCUT2D eigenvalue weighted by Gasteiger charge is -2.17. The highest BCUT2D eigenvalue weighted by molar-refractivity contribution is 6.11. The molecule has 0 fully saturated rings. The maximum atomic E-state index is 13.3. The zero-order valence-electron chi connectivity index (χ0n) is 20.2. The fourth-order valence-corrected chi connectivity index (χ4v) is 3.66. The molecule has 0 saturated carbocycles. The molecule has 0 bridgehead atoms. The van der Waals surface area contributed by atoms with Gasteiger partial charge in [-0.1, -0.05) is 36.4 Å². The molecule has 0 aromatic heterocycles. The van der Waals surface area contributed by atoms with Crippen LogP contribution < -0.4 is 10.6 Å². The summed E-state index contributed by atoms with van der Waals surface area (Å²) in [5, 5.41) is 14.3. The van der Waals surface area contributed by atoms with E-state index in [1.165, 1.54) is 17.0 Å². The SMILES string of the molecule is CN(C)C(=O)c1cc(CCNCC(=O)O)ccc1NC(=O)c1ccccc1-c1ccc(C(F)(F)F)cc1. The smallest absolute Gasteiger partial charge is 0.416 e. The van der Waals surface area contributed by atoms with Crippen molar-refractivity contribution in [3.63, 3.8) is 0 Å². The van der Waals surface area contributed by atoms with E-state index in [-0.39, 0.29) is 29.3 Å². The first-order valence-corrected chi connectivity index (χ1v) is 11.3. The number of rotatable bonds is 9. The summed E-state index contributed by atoms with van der Waals surface area (Å²) in [5.41, 5.74) is 1.61. The molecule has 2 amide bonds. The van der Waals surface area contributed by atoms with E-state index in [9.17, 15) is 27.6 Å². The summed E-state index contributed by atoms with van der Waals surface area (Å²) in [6.07, 6.45) is -4.00. The van der Waals surface area contributed by atoms with E-state index in [1.807, 2.05) is 0 Å². The number of hydrogen-bond donors (Lipinski definition) is 3. The first kappa shape index (κ1) is 27.4. The predicted molar refractivity (Wildman–Crippen MR) is 134 cm³/mol. The lowest BCUT2D eigenvalue weighted by molar-refractivity contribution is -0.138. The van der Waals surface area contributed by atoms with E-state index in [4.69, 9.17) is 5.11 Å². The number of carbonyl (C=O) groups is 3. The first-order valence-electron chi connectivity index (χ1n) is 11.3. The van der Waals surface area contributed by atoms with Crippen LogP contribution in [0.15, 0.2) is 66.7 Å². The van der Waals surface area contributed by atoms with Crippen molar-refractivity contribution < 1.29 is 32.7 Å². The molecule has 0 aliphatic carbocycles. The number of alkyl halides is 3. The van der Waals surface area contributed by atoms with Crippen molar-refractivity contribution >= 4 is 23.5 Å². The van der Waals surface area contributed by atoms with E-state index in [2.05, 4.69) is 10.6 Å². The molecule has 0 atom stereocenters. The number of nitrogens with zero attached hydrogens (tertiary/aromatic N) is 1. The Morgan fingerprint density at radius 2 is 1.59 bits per heavy atom. The van der Waals surface area contributed by atoms with Crippen LogP contribution in [0.1, 0.15) is 31.8 Å². The normalized spacial score (nSPS) is 11.2. The minimum Gasteiger partial charge on any atom is -0.480 e. The predicted octanol–water partition coefficient (Wildman–Crippen LogP) is 4.54. The highest BCUT2D eigenvalue weighted by Gasteiger charge is 2.30. The van der Waals surface area contributed by atoms with Crippen LogP contribution in [-0.4, -0.2) is 55.0 Å². The van der Waals surface area contributed by atoms with E-state index >= 15 is 0 Å². The van der Waals surface area contributed by atoms with Crippen molar-refractivity contribution in [1.82, 2.24) is 10.2 Å². The average Bonchev–Trinajstić information content (AvgIpc) is 2.86. The summed E-state index contributed by atoms with van der Waals surface area (Å²) >= 11 is 0. The second-order valence-corrected chi connectivity index (χ2v) is 8.47. The van der Waals surface area contributed by atoms with Gasteiger partial charge >= 0.3 is 12.1 Å². The van der Waals surface area contributed by atoms with Gasteiger partial charge in [0, 0.05) is 19.7 Å². The number of hydrogen-bond acceptors (Lipinski definition) is 4. The summed E-state index contributed by atoms with van der Waals surface area (Å²) in [6, 6.07) is 16.0. The van der Waals surface area contributed by atoms with Gasteiger partial charge in [0.05, 0.1) is 23.4 Å². The molecule has 37 heavy (non-hydrogen) atoms. The Labute approximate surface area is 211 Å². The van der Waals surface area contributed by atoms with Crippen LogP contribution >= 0.6 is 0 Å². The molecule has 0 radical (unpaired) electrons. The summed E-state index contributed by atoms with van der Waals surface area (Å²) in [5.74, 6) is -1.84. The van der Waals surface area contributed by atoms with E-state index in [0.717, 1.165) is 17.7 Å². The zero-order chi connectivity index (χ0) is 27.2. The third kappa shape index (κ3) is 7.17. The maximum absolute atomic E-state index is 13.3. The van der Waals surface area contributed by atoms with Crippen molar-refractivity contribution in [2.75, 3.05) is 32.5 Å². The Balaban J connectivity index is 1.88. The maximum Gasteiger partial charge on any atom is 0.416 e. The Hall–Kier alpha value is -4.18. The number of benzene rings is 3. The number of aliphatic carboxylic acids is 1. The molecule has 0 heterocycles. The van der Waals surface area contributed by atoms with Crippen molar-refractivity contribution in [3.8, 4) is 11.1 Å². The van der Waals surface area contributed by atoms with Crippen molar-refractivity contribution in [3.05, 3.63) is 89.0 Å². The van der Waals surface area contributed by atoms with Gasteiger partial charge in [0.2, 0.25) is 0 Å². The lowest BCUT2D eigenvalue weighted by atomic mass is 9.97. The van der Waals surface area contributed by atoms with Gasteiger partial charge in [-0.2, -0.15) is 13.2 Å². The van der Waals surface area contributed by atoms with Gasteiger partial charge in [-0.15, -0.1) is 0 Å². The van der Waals surface area contributed by atoms with Crippen molar-refractivity contribution in [1.29, 1.82) is 0 Å². The second-order valence-electron chi connectivity index (χ2n) is 8.47. The number of carboxylic acids is 1. The average molecular weight is 514 g/mol. The van der Waals surface area contributed by atoms with Gasteiger partial charge in [0.15, 0.2) is 0 Å². The van der Waals surface area contributed by atoms with Crippen molar-refractivity contribution in [2.24, 2.45) is 0 Å². The number of anilines is 1. The fourth-order valence-electron chi connectivity index (χ4n) is 3.66. The van der Waals surface area contributed by atoms with Gasteiger partial charge in [-0.3, -0.25) is 14.4 Å².